The van der Waals surface area contributed by atoms with Crippen LogP contribution in [0.3, 0.4) is 0 Å². The molecule has 0 radical (unpaired) electrons. The molecular weight excluding hydrogens is 350 g/mol. The molecule has 0 unspecified atom stereocenters. The lowest BCUT2D eigenvalue weighted by atomic mass is 10.1. The van der Waals surface area contributed by atoms with Gasteiger partial charge in [-0.15, -0.1) is 0 Å². The Morgan fingerprint density at radius 3 is 2.25 bits per heavy atom. The van der Waals surface area contributed by atoms with Crippen molar-refractivity contribution in [3.8, 4) is 5.75 Å². The van der Waals surface area contributed by atoms with E-state index >= 15 is 0 Å². The van der Waals surface area contributed by atoms with E-state index in [4.69, 9.17) is 9.79 Å². The summed E-state index contributed by atoms with van der Waals surface area (Å²) >= 11 is -3.86. The number of phosphoric ester groups is 1. The molecule has 0 bridgehead atoms. The maximum Gasteiger partial charge on any atom is 0.524 e. The van der Waals surface area contributed by atoms with Crippen molar-refractivity contribution in [2.45, 2.75) is 13.8 Å². The van der Waals surface area contributed by atoms with Crippen molar-refractivity contribution in [1.82, 2.24) is 0 Å². The highest BCUT2D eigenvalue weighted by Crippen LogP contribution is 2.42. The predicted octanol–water partition coefficient (Wildman–Crippen LogP) is 2.14. The van der Waals surface area contributed by atoms with E-state index in [1.54, 1.807) is 19.9 Å². The number of hydrogen-bond donors (Lipinski definition) is 2. The second-order valence-electron chi connectivity index (χ2n) is 3.19. The molecule has 0 saturated heterocycles. The third-order valence-electron chi connectivity index (χ3n) is 1.74. The van der Waals surface area contributed by atoms with E-state index in [1.165, 1.54) is 6.07 Å². The summed E-state index contributed by atoms with van der Waals surface area (Å²) in [6.45, 7) is 3.23. The smallest absolute Gasteiger partial charge is 0.403 e. The molecule has 0 amide bonds. The summed E-state index contributed by atoms with van der Waals surface area (Å²) < 4.78 is 37.0. The molecule has 0 atom stereocenters. The van der Waals surface area contributed by atoms with E-state index < -0.39 is 27.6 Å². The van der Waals surface area contributed by atoms with Crippen molar-refractivity contribution in [3.63, 3.8) is 0 Å². The van der Waals surface area contributed by atoms with Crippen LogP contribution in [0.15, 0.2) is 12.1 Å². The average Bonchev–Trinajstić information content (AvgIpc) is 1.96. The zero-order chi connectivity index (χ0) is 12.5. The summed E-state index contributed by atoms with van der Waals surface area (Å²) in [5.41, 5.74) is 1.10. The first-order valence-electron chi connectivity index (χ1n) is 4.12. The fraction of sp³-hybridized carbons (Fsp3) is 0.250. The van der Waals surface area contributed by atoms with Gasteiger partial charge in [0.05, 0.1) is 0 Å². The van der Waals surface area contributed by atoms with Crippen LogP contribution in [0.4, 0.5) is 0 Å². The van der Waals surface area contributed by atoms with Crippen LogP contribution < -0.4 is 4.52 Å². The summed E-state index contributed by atoms with van der Waals surface area (Å²) in [5, 5.41) is 0. The lowest BCUT2D eigenvalue weighted by Crippen LogP contribution is -1.96. The van der Waals surface area contributed by atoms with Gasteiger partial charge < -0.3 is 4.52 Å². The lowest BCUT2D eigenvalue weighted by Gasteiger charge is -2.10. The van der Waals surface area contributed by atoms with Crippen LogP contribution in [0, 0.1) is 17.4 Å². The molecule has 0 aliphatic rings. The molecule has 0 aromatic heterocycles. The van der Waals surface area contributed by atoms with Crippen molar-refractivity contribution in [3.05, 3.63) is 26.8 Å². The highest BCUT2D eigenvalue weighted by Gasteiger charge is 2.22. The number of aryl methyl sites for hydroxylation is 2. The van der Waals surface area contributed by atoms with Crippen molar-refractivity contribution in [2.24, 2.45) is 0 Å². The molecule has 1 aromatic carbocycles. The highest BCUT2D eigenvalue weighted by atomic mass is 127. The minimum Gasteiger partial charge on any atom is -0.403 e. The number of phosphoric acid groups is 1. The standard InChI is InChI=1S/C8H10IO6P/c1-5-3-6(2)8(9(10)11)7(4-5)15-16(12,13)14/h3-4H,1-2H3,(H2,12,13,14). The Hall–Kier alpha value is -0.500. The molecule has 6 nitrogen and oxygen atoms in total. The monoisotopic (exact) mass is 360 g/mol. The summed E-state index contributed by atoms with van der Waals surface area (Å²) in [6, 6.07) is 2.91. The van der Waals surface area contributed by atoms with Gasteiger partial charge in [0.15, 0.2) is 5.75 Å². The van der Waals surface area contributed by atoms with Gasteiger partial charge in [-0.05, 0) is 31.0 Å². The summed E-state index contributed by atoms with van der Waals surface area (Å²) in [5.74, 6) is -0.277. The number of hydrogen-bond acceptors (Lipinski definition) is 4. The fourth-order valence-electron chi connectivity index (χ4n) is 1.30. The summed E-state index contributed by atoms with van der Waals surface area (Å²) in [7, 11) is -4.75. The van der Waals surface area contributed by atoms with Gasteiger partial charge in [-0.1, -0.05) is 6.07 Å². The third-order valence-corrected chi connectivity index (χ3v) is 4.43. The van der Waals surface area contributed by atoms with Crippen molar-refractivity contribution < 1.29 is 25.0 Å². The maximum atomic E-state index is 11.0. The Labute approximate surface area is 99.0 Å². The number of rotatable bonds is 3. The molecule has 1 rings (SSSR count). The number of halogens is 1. The first-order valence-corrected chi connectivity index (χ1v) is 8.49. The number of benzene rings is 1. The highest BCUT2D eigenvalue weighted by molar-refractivity contribution is 14.2. The summed E-state index contributed by atoms with van der Waals surface area (Å²) in [6.07, 6.45) is 0. The molecule has 0 spiro atoms. The fourth-order valence-corrected chi connectivity index (χ4v) is 3.43. The van der Waals surface area contributed by atoms with Gasteiger partial charge in [-0.3, -0.25) is 9.79 Å². The van der Waals surface area contributed by atoms with Crippen molar-refractivity contribution >= 4 is 27.6 Å². The van der Waals surface area contributed by atoms with E-state index in [-0.39, 0.29) is 9.32 Å². The van der Waals surface area contributed by atoms with Crippen molar-refractivity contribution in [1.29, 1.82) is 0 Å². The van der Waals surface area contributed by atoms with Crippen LogP contribution in [0.2, 0.25) is 0 Å². The first-order chi connectivity index (χ1) is 7.20. The molecular formula is C8H10IO6P. The van der Waals surface area contributed by atoms with E-state index in [0.29, 0.717) is 11.1 Å². The normalized spacial score (nSPS) is 11.8. The molecule has 0 aliphatic heterocycles. The van der Waals surface area contributed by atoms with E-state index in [0.717, 1.165) is 0 Å². The second-order valence-corrected chi connectivity index (χ2v) is 6.68. The van der Waals surface area contributed by atoms with Crippen molar-refractivity contribution in [2.75, 3.05) is 0 Å². The van der Waals surface area contributed by atoms with E-state index in [2.05, 4.69) is 4.52 Å². The molecule has 2 N–H and O–H groups in total. The quantitative estimate of drug-likeness (QED) is 0.633. The Bertz CT molecular complexity index is 522. The Morgan fingerprint density at radius 2 is 1.81 bits per heavy atom. The van der Waals surface area contributed by atoms with Gasteiger partial charge >= 0.3 is 27.6 Å². The molecule has 0 saturated carbocycles. The largest absolute Gasteiger partial charge is 0.524 e. The summed E-state index contributed by atoms with van der Waals surface area (Å²) in [4.78, 5) is 17.3. The third kappa shape index (κ3) is 3.51. The van der Waals surface area contributed by atoms with Crippen LogP contribution >= 0.6 is 27.6 Å². The Kier molecular flexibility index (Phi) is 4.06. The molecule has 90 valence electrons. The SMILES string of the molecule is Cc1cc(C)c(I(=O)=O)c(OP(=O)(O)O)c1. The van der Waals surface area contributed by atoms with Gasteiger partial charge in [-0.2, -0.15) is 0 Å². The van der Waals surface area contributed by atoms with Crippen LogP contribution in [0.25, 0.3) is 0 Å². The van der Waals surface area contributed by atoms with Gasteiger partial charge in [0.1, 0.15) is 3.57 Å². The second kappa shape index (κ2) is 4.79. The van der Waals surface area contributed by atoms with Crippen LogP contribution in [-0.4, -0.2) is 9.79 Å². The van der Waals surface area contributed by atoms with Gasteiger partial charge in [0, 0.05) is 0 Å². The van der Waals surface area contributed by atoms with E-state index in [1.807, 2.05) is 0 Å². The van der Waals surface area contributed by atoms with Gasteiger partial charge in [0.2, 0.25) is 0 Å². The maximum absolute atomic E-state index is 11.0. The molecule has 0 fully saturated rings. The zero-order valence-electron chi connectivity index (χ0n) is 8.51. The lowest BCUT2D eigenvalue weighted by molar-refractivity contribution is 0.282. The van der Waals surface area contributed by atoms with E-state index in [9.17, 15) is 10.7 Å². The topological polar surface area (TPSA) is 101 Å². The average molecular weight is 360 g/mol. The zero-order valence-corrected chi connectivity index (χ0v) is 11.6. The Balaban J connectivity index is 3.41. The van der Waals surface area contributed by atoms with Crippen LogP contribution in [0.1, 0.15) is 11.1 Å². The molecule has 8 heteroatoms. The van der Waals surface area contributed by atoms with Gasteiger partial charge in [0.25, 0.3) is 0 Å². The molecule has 0 aliphatic carbocycles. The van der Waals surface area contributed by atoms with Gasteiger partial charge in [-0.25, -0.2) is 10.7 Å². The Morgan fingerprint density at radius 1 is 1.25 bits per heavy atom. The van der Waals surface area contributed by atoms with Crippen LogP contribution in [-0.2, 0) is 10.7 Å². The molecule has 1 aromatic rings. The first kappa shape index (κ1) is 13.6. The predicted molar refractivity (Wildman–Crippen MR) is 62.7 cm³/mol. The van der Waals surface area contributed by atoms with Crippen LogP contribution in [0.5, 0.6) is 5.75 Å². The molecule has 16 heavy (non-hydrogen) atoms. The minimum absolute atomic E-state index is 0.113. The minimum atomic E-state index is -4.75. The molecule has 0 heterocycles.